The van der Waals surface area contributed by atoms with Crippen LogP contribution in [0, 0.1) is 0 Å². The van der Waals surface area contributed by atoms with Crippen molar-refractivity contribution in [2.75, 3.05) is 7.11 Å². The largest absolute Gasteiger partial charge is 0.468 e. The molecule has 7 nitrogen and oxygen atoms in total. The molecule has 2 aromatic rings. The van der Waals surface area contributed by atoms with E-state index in [4.69, 9.17) is 5.73 Å². The molecule has 2 N–H and O–H groups in total. The number of fused-ring (bicyclic) bond motifs is 1. The van der Waals surface area contributed by atoms with Gasteiger partial charge in [-0.3, -0.25) is 9.59 Å². The summed E-state index contributed by atoms with van der Waals surface area (Å²) in [7, 11) is 2.99. The van der Waals surface area contributed by atoms with Gasteiger partial charge in [-0.1, -0.05) is 12.1 Å². The highest BCUT2D eigenvalue weighted by Crippen LogP contribution is 2.17. The summed E-state index contributed by atoms with van der Waals surface area (Å²) < 4.78 is 7.37. The van der Waals surface area contributed by atoms with Crippen LogP contribution in [0.1, 0.15) is 23.2 Å². The first-order chi connectivity index (χ1) is 11.9. The van der Waals surface area contributed by atoms with Crippen LogP contribution in [-0.2, 0) is 35.8 Å². The summed E-state index contributed by atoms with van der Waals surface area (Å²) in [4.78, 5) is 36.7. The van der Waals surface area contributed by atoms with Crippen LogP contribution in [-0.4, -0.2) is 28.3 Å². The summed E-state index contributed by atoms with van der Waals surface area (Å²) in [6.07, 6.45) is 2.69. The minimum atomic E-state index is -0.744. The van der Waals surface area contributed by atoms with Crippen molar-refractivity contribution in [3.05, 3.63) is 61.9 Å². The third-order valence-electron chi connectivity index (χ3n) is 4.69. The summed E-state index contributed by atoms with van der Waals surface area (Å²) in [6, 6.07) is 6.17. The fourth-order valence-electron chi connectivity index (χ4n) is 3.31. The van der Waals surface area contributed by atoms with Gasteiger partial charge < -0.3 is 15.0 Å². The van der Waals surface area contributed by atoms with Gasteiger partial charge in [0.2, 0.25) is 0 Å². The van der Waals surface area contributed by atoms with Crippen molar-refractivity contribution in [3.8, 4) is 5.69 Å². The molecule has 0 radical (unpaired) electrons. The quantitative estimate of drug-likeness (QED) is 0.793. The lowest BCUT2D eigenvalue weighted by molar-refractivity contribution is -0.142. The Kier molecular flexibility index (Phi) is 4.59. The number of hydrogen-bond acceptors (Lipinski definition) is 5. The van der Waals surface area contributed by atoms with E-state index in [2.05, 4.69) is 4.74 Å². The number of nitrogens with two attached hydrogens (primary N) is 1. The summed E-state index contributed by atoms with van der Waals surface area (Å²) in [6.45, 7) is 0. The van der Waals surface area contributed by atoms with Gasteiger partial charge in [0.05, 0.1) is 12.8 Å². The highest BCUT2D eigenvalue weighted by atomic mass is 16.5. The monoisotopic (exact) mass is 343 g/mol. The number of methoxy groups -OCH3 is 1. The molecule has 7 heteroatoms. The Morgan fingerprint density at radius 2 is 1.92 bits per heavy atom. The molecule has 0 aliphatic heterocycles. The van der Waals surface area contributed by atoms with Crippen molar-refractivity contribution in [2.24, 2.45) is 12.8 Å². The van der Waals surface area contributed by atoms with Crippen LogP contribution in [0.4, 0.5) is 0 Å². The van der Waals surface area contributed by atoms with Gasteiger partial charge in [-0.2, -0.15) is 0 Å². The van der Waals surface area contributed by atoms with Crippen LogP contribution < -0.4 is 17.0 Å². The molecule has 0 fully saturated rings. The van der Waals surface area contributed by atoms with Crippen LogP contribution in [0.15, 0.2) is 33.9 Å². The number of esters is 1. The second-order valence-corrected chi connectivity index (χ2v) is 6.26. The Morgan fingerprint density at radius 1 is 1.24 bits per heavy atom. The van der Waals surface area contributed by atoms with E-state index in [1.54, 1.807) is 35.9 Å². The Bertz CT molecular complexity index is 925. The first kappa shape index (κ1) is 17.2. The fourth-order valence-corrected chi connectivity index (χ4v) is 3.31. The third-order valence-corrected chi connectivity index (χ3v) is 4.69. The third kappa shape index (κ3) is 3.02. The smallest absolute Gasteiger partial charge is 0.335 e. The van der Waals surface area contributed by atoms with Crippen molar-refractivity contribution >= 4 is 5.97 Å². The minimum Gasteiger partial charge on any atom is -0.468 e. The summed E-state index contributed by atoms with van der Waals surface area (Å²) in [5.74, 6) is -0.479. The molecular weight excluding hydrogens is 322 g/mol. The fraction of sp³-hybridized carbons (Fsp3) is 0.389. The molecule has 1 aromatic carbocycles. The normalized spacial score (nSPS) is 14.2. The first-order valence-corrected chi connectivity index (χ1v) is 8.20. The molecule has 0 unspecified atom stereocenters. The average molecular weight is 343 g/mol. The SMILES string of the molecule is COC(=O)[C@@H](N)Cc1ccc(-n2c(=O)c3c(n(C)c2=O)CCC3)cc1. The lowest BCUT2D eigenvalue weighted by atomic mass is 10.1. The maximum absolute atomic E-state index is 12.7. The molecule has 0 amide bonds. The van der Waals surface area contributed by atoms with E-state index in [9.17, 15) is 14.4 Å². The second-order valence-electron chi connectivity index (χ2n) is 6.26. The van der Waals surface area contributed by atoms with Gasteiger partial charge in [0.25, 0.3) is 5.56 Å². The lowest BCUT2D eigenvalue weighted by Gasteiger charge is -2.13. The van der Waals surface area contributed by atoms with Gasteiger partial charge in [-0.25, -0.2) is 9.36 Å². The topological polar surface area (TPSA) is 96.3 Å². The minimum absolute atomic E-state index is 0.241. The van der Waals surface area contributed by atoms with Crippen molar-refractivity contribution in [2.45, 2.75) is 31.7 Å². The zero-order valence-electron chi connectivity index (χ0n) is 14.3. The first-order valence-electron chi connectivity index (χ1n) is 8.20. The molecule has 1 heterocycles. The molecule has 0 saturated carbocycles. The van der Waals surface area contributed by atoms with Gasteiger partial charge >= 0.3 is 11.7 Å². The molecule has 3 rings (SSSR count). The second kappa shape index (κ2) is 6.68. The number of benzene rings is 1. The maximum atomic E-state index is 12.7. The van der Waals surface area contributed by atoms with Gasteiger partial charge in [-0.05, 0) is 43.4 Å². The van der Waals surface area contributed by atoms with E-state index < -0.39 is 12.0 Å². The summed E-state index contributed by atoms with van der Waals surface area (Å²) >= 11 is 0. The standard InChI is InChI=1S/C18H21N3O4/c1-20-15-5-3-4-13(15)16(22)21(18(20)24)12-8-6-11(7-9-12)10-14(19)17(23)25-2/h6-9,14H,3-5,10,19H2,1-2H3/t14-/m0/s1. The number of hydrogen-bond donors (Lipinski definition) is 1. The predicted octanol–water partition coefficient (Wildman–Crippen LogP) is 0.0677. The van der Waals surface area contributed by atoms with E-state index in [1.165, 1.54) is 11.7 Å². The molecule has 0 saturated heterocycles. The summed E-state index contributed by atoms with van der Waals surface area (Å²) in [5, 5.41) is 0. The lowest BCUT2D eigenvalue weighted by Crippen LogP contribution is -2.40. The van der Waals surface area contributed by atoms with Gasteiger partial charge in [0.1, 0.15) is 6.04 Å². The number of nitrogens with zero attached hydrogens (tertiary/aromatic N) is 2. The number of ether oxygens (including phenoxy) is 1. The predicted molar refractivity (Wildman–Crippen MR) is 93.0 cm³/mol. The van der Waals surface area contributed by atoms with E-state index >= 15 is 0 Å². The number of rotatable bonds is 4. The van der Waals surface area contributed by atoms with Crippen molar-refractivity contribution in [1.82, 2.24) is 9.13 Å². The number of carbonyl (C=O) groups is 1. The number of carbonyl (C=O) groups excluding carboxylic acids is 1. The molecule has 1 atom stereocenters. The van der Waals surface area contributed by atoms with Crippen LogP contribution in [0.25, 0.3) is 5.69 Å². The van der Waals surface area contributed by atoms with E-state index in [1.807, 2.05) is 0 Å². The Morgan fingerprint density at radius 3 is 2.56 bits per heavy atom. The molecule has 132 valence electrons. The Labute approximate surface area is 144 Å². The van der Waals surface area contributed by atoms with Gasteiger partial charge in [0.15, 0.2) is 0 Å². The zero-order valence-corrected chi connectivity index (χ0v) is 14.3. The molecule has 25 heavy (non-hydrogen) atoms. The molecule has 0 bridgehead atoms. The molecule has 1 aromatic heterocycles. The Hall–Kier alpha value is -2.67. The molecule has 1 aliphatic rings. The summed E-state index contributed by atoms with van der Waals surface area (Å²) in [5.41, 5.74) is 8.07. The van der Waals surface area contributed by atoms with Crippen molar-refractivity contribution in [3.63, 3.8) is 0 Å². The van der Waals surface area contributed by atoms with Crippen molar-refractivity contribution in [1.29, 1.82) is 0 Å². The van der Waals surface area contributed by atoms with Crippen LogP contribution in [0.5, 0.6) is 0 Å². The Balaban J connectivity index is 1.97. The number of aromatic nitrogens is 2. The molecular formula is C18H21N3O4. The highest BCUT2D eigenvalue weighted by Gasteiger charge is 2.22. The van der Waals surface area contributed by atoms with Crippen LogP contribution >= 0.6 is 0 Å². The van der Waals surface area contributed by atoms with E-state index in [0.29, 0.717) is 18.5 Å². The van der Waals surface area contributed by atoms with Gasteiger partial charge in [-0.15, -0.1) is 0 Å². The average Bonchev–Trinajstić information content (AvgIpc) is 3.11. The molecule has 0 spiro atoms. The van der Waals surface area contributed by atoms with Crippen LogP contribution in [0.3, 0.4) is 0 Å². The van der Waals surface area contributed by atoms with Gasteiger partial charge in [0, 0.05) is 18.3 Å². The maximum Gasteiger partial charge on any atom is 0.335 e. The van der Waals surface area contributed by atoms with Crippen molar-refractivity contribution < 1.29 is 9.53 Å². The molecule has 1 aliphatic carbocycles. The van der Waals surface area contributed by atoms with Crippen LogP contribution in [0.2, 0.25) is 0 Å². The van der Waals surface area contributed by atoms with E-state index in [-0.39, 0.29) is 11.2 Å². The highest BCUT2D eigenvalue weighted by molar-refractivity contribution is 5.75. The van der Waals surface area contributed by atoms with E-state index in [0.717, 1.165) is 29.7 Å². The zero-order chi connectivity index (χ0) is 18.1.